The molecule has 0 bridgehead atoms. The molecule has 2 fully saturated rings. The zero-order valence-electron chi connectivity index (χ0n) is 27.1. The quantitative estimate of drug-likeness (QED) is 0.294. The second-order valence-corrected chi connectivity index (χ2v) is 15.1. The molecule has 6 rings (SSSR count). The number of amides is 3. The van der Waals surface area contributed by atoms with Gasteiger partial charge in [0.05, 0.1) is 17.4 Å². The summed E-state index contributed by atoms with van der Waals surface area (Å²) in [5.74, 6) is 0.692. The second-order valence-electron chi connectivity index (χ2n) is 15.1. The first-order valence-electron chi connectivity index (χ1n) is 16.8. The number of aliphatic hydroxyl groups is 1. The average Bonchev–Trinajstić information content (AvgIpc) is 3.03. The van der Waals surface area contributed by atoms with Gasteiger partial charge < -0.3 is 21.3 Å². The summed E-state index contributed by atoms with van der Waals surface area (Å²) in [5.41, 5.74) is 9.79. The molecule has 0 heterocycles. The van der Waals surface area contributed by atoms with Crippen LogP contribution in [0.1, 0.15) is 100 Å². The van der Waals surface area contributed by atoms with Crippen LogP contribution in [0.15, 0.2) is 36.4 Å². The number of carbonyl (C=O) groups is 3. The highest BCUT2D eigenvalue weighted by Crippen LogP contribution is 2.58. The van der Waals surface area contributed by atoms with E-state index >= 15 is 0 Å². The van der Waals surface area contributed by atoms with Crippen LogP contribution in [-0.4, -0.2) is 40.6 Å². The van der Waals surface area contributed by atoms with Gasteiger partial charge in [0.15, 0.2) is 0 Å². The van der Waals surface area contributed by atoms with Gasteiger partial charge in [-0.3, -0.25) is 19.7 Å². The highest BCUT2D eigenvalue weighted by atomic mass is 16.3. The molecule has 3 amide bonds. The number of benzene rings is 2. The molecule has 0 radical (unpaired) electrons. The molecule has 6 N–H and O–H groups in total. The first-order chi connectivity index (χ1) is 21.4. The summed E-state index contributed by atoms with van der Waals surface area (Å²) in [5, 5.41) is 25.4. The van der Waals surface area contributed by atoms with E-state index in [1.807, 2.05) is 31.2 Å². The Hall–Kier alpha value is -3.23. The number of nitrogens with two attached hydrogens (primary N) is 1. The molecule has 0 spiro atoms. The highest BCUT2D eigenvalue weighted by molar-refractivity contribution is 6.01. The Balaban J connectivity index is 1.24. The van der Waals surface area contributed by atoms with Crippen molar-refractivity contribution in [1.29, 1.82) is 0 Å². The molecule has 9 atom stereocenters. The van der Waals surface area contributed by atoms with Gasteiger partial charge in [0.25, 0.3) is 0 Å². The normalized spacial score (nSPS) is 34.3. The van der Waals surface area contributed by atoms with Crippen molar-refractivity contribution in [1.82, 2.24) is 5.32 Å². The maximum atomic E-state index is 14.3. The molecule has 242 valence electrons. The Morgan fingerprint density at radius 3 is 1.89 bits per heavy atom. The van der Waals surface area contributed by atoms with Crippen LogP contribution in [0.4, 0.5) is 5.69 Å². The number of phenols is 1. The number of phenolic OH excluding ortho intramolecular Hbond substituents is 1. The van der Waals surface area contributed by atoms with Crippen LogP contribution in [0.3, 0.4) is 0 Å². The lowest BCUT2D eigenvalue weighted by Crippen LogP contribution is -2.57. The zero-order chi connectivity index (χ0) is 32.3. The number of hydrogen-bond acceptors (Lipinski definition) is 6. The summed E-state index contributed by atoms with van der Waals surface area (Å²) in [6, 6.07) is 10.6. The molecule has 2 saturated carbocycles. The molecule has 2 aromatic carbocycles. The minimum Gasteiger partial charge on any atom is -0.508 e. The number of anilines is 1. The lowest BCUT2D eigenvalue weighted by Gasteiger charge is -2.52. The van der Waals surface area contributed by atoms with Crippen LogP contribution >= 0.6 is 0 Å². The van der Waals surface area contributed by atoms with Gasteiger partial charge in [0, 0.05) is 5.69 Å². The number of nitrogens with one attached hydrogen (secondary N) is 2. The number of aliphatic hydroxyl groups excluding tert-OH is 1. The third-order valence-corrected chi connectivity index (χ3v) is 12.5. The van der Waals surface area contributed by atoms with Crippen molar-refractivity contribution in [2.24, 2.45) is 40.2 Å². The minimum absolute atomic E-state index is 0.0589. The molecule has 4 aliphatic rings. The number of hydrogen-bond donors (Lipinski definition) is 5. The summed E-state index contributed by atoms with van der Waals surface area (Å²) < 4.78 is 0. The Labute approximate surface area is 266 Å². The smallest absolute Gasteiger partial charge is 0.243 e. The molecule has 2 aromatic rings. The van der Waals surface area contributed by atoms with Gasteiger partial charge >= 0.3 is 0 Å². The number of aryl methyl sites for hydroxylation is 2. The van der Waals surface area contributed by atoms with Gasteiger partial charge in [0.2, 0.25) is 17.7 Å². The van der Waals surface area contributed by atoms with Crippen LogP contribution in [0, 0.1) is 34.5 Å². The Bertz CT molecular complexity index is 1510. The van der Waals surface area contributed by atoms with Crippen molar-refractivity contribution in [2.45, 2.75) is 96.9 Å². The monoisotopic (exact) mass is 615 g/mol. The lowest BCUT2D eigenvalue weighted by molar-refractivity contribution is -0.149. The summed E-state index contributed by atoms with van der Waals surface area (Å²) in [6.07, 6.45) is 6.67. The first-order valence-corrected chi connectivity index (χ1v) is 16.8. The highest BCUT2D eigenvalue weighted by Gasteiger charge is 2.55. The third kappa shape index (κ3) is 5.38. The summed E-state index contributed by atoms with van der Waals surface area (Å²) >= 11 is 0. The third-order valence-electron chi connectivity index (χ3n) is 12.5. The number of aromatic hydroxyl groups is 1. The van der Waals surface area contributed by atoms with Gasteiger partial charge in [-0.25, -0.2) is 0 Å². The topological polar surface area (TPSA) is 142 Å². The van der Waals surface area contributed by atoms with E-state index < -0.39 is 29.4 Å². The number of rotatable bonds is 5. The number of fused-ring (bicyclic) bond motifs is 6. The second kappa shape index (κ2) is 11.8. The van der Waals surface area contributed by atoms with Crippen molar-refractivity contribution in [3.8, 4) is 5.75 Å². The standard InChI is InChI=1S/C37H49N3O5/c1-20-13-15-36(3,28-11-7-22-5-9-24(17-26(22)31(20)28)39-33(43)30(38)19-41)34(44)40-35(45)37(4)16-14-21(2)32-27-18-25(42)10-6-23(27)8-12-29(32)37/h5-6,9-10,17-18,20-21,28-32,41-42H,7-8,11-16,19,38H2,1-4H3,(H,39,43)(H,40,44,45)/t20-,21-,28+,29+,30-,31+,32+,36-,37-/m0/s1. The fourth-order valence-corrected chi connectivity index (χ4v) is 9.64. The van der Waals surface area contributed by atoms with Gasteiger partial charge in [-0.15, -0.1) is 0 Å². The van der Waals surface area contributed by atoms with E-state index in [0.29, 0.717) is 17.5 Å². The SMILES string of the molecule is C[C@H]1CC[C@](C)(C(=O)NC(=O)[C@@]2(C)CC[C@H](C)[C@@H]3c4cc(NC(=O)[C@@H](N)CO)ccc4CC[C@H]32)[C@@H]2CCc3ccc(O)cc3[C@H]21. The Kier molecular flexibility index (Phi) is 8.36. The number of carbonyl (C=O) groups excluding carboxylic acids is 3. The van der Waals surface area contributed by atoms with Gasteiger partial charge in [-0.2, -0.15) is 0 Å². The van der Waals surface area contributed by atoms with E-state index in [0.717, 1.165) is 62.5 Å². The largest absolute Gasteiger partial charge is 0.508 e. The molecule has 0 aliphatic heterocycles. The van der Waals surface area contributed by atoms with Crippen molar-refractivity contribution < 1.29 is 24.6 Å². The summed E-state index contributed by atoms with van der Waals surface area (Å²) in [7, 11) is 0. The van der Waals surface area contributed by atoms with Crippen LogP contribution in [0.25, 0.3) is 0 Å². The predicted octanol–water partition coefficient (Wildman–Crippen LogP) is 5.16. The van der Waals surface area contributed by atoms with Crippen LogP contribution in [0.2, 0.25) is 0 Å². The molecule has 45 heavy (non-hydrogen) atoms. The first kappa shape index (κ1) is 31.7. The Morgan fingerprint density at radius 1 is 0.844 bits per heavy atom. The van der Waals surface area contributed by atoms with Gasteiger partial charge in [-0.05, 0) is 133 Å². The van der Waals surface area contributed by atoms with Gasteiger partial charge in [0.1, 0.15) is 11.8 Å². The molecular formula is C37H49N3O5. The number of imide groups is 1. The zero-order valence-corrected chi connectivity index (χ0v) is 27.1. The van der Waals surface area contributed by atoms with Gasteiger partial charge in [-0.1, -0.05) is 39.8 Å². The predicted molar refractivity (Wildman–Crippen MR) is 174 cm³/mol. The molecule has 4 aliphatic carbocycles. The Morgan fingerprint density at radius 2 is 1.36 bits per heavy atom. The fraction of sp³-hybridized carbons (Fsp3) is 0.595. The fourth-order valence-electron chi connectivity index (χ4n) is 9.64. The summed E-state index contributed by atoms with van der Waals surface area (Å²) in [6.45, 7) is 8.16. The van der Waals surface area contributed by atoms with E-state index in [1.54, 1.807) is 6.07 Å². The van der Waals surface area contributed by atoms with E-state index in [1.165, 1.54) is 11.1 Å². The maximum Gasteiger partial charge on any atom is 0.243 e. The maximum absolute atomic E-state index is 14.3. The van der Waals surface area contributed by atoms with Crippen LogP contribution in [0.5, 0.6) is 5.75 Å². The van der Waals surface area contributed by atoms with Crippen molar-refractivity contribution in [3.63, 3.8) is 0 Å². The summed E-state index contributed by atoms with van der Waals surface area (Å²) in [4.78, 5) is 41.0. The molecule has 8 heteroatoms. The molecule has 8 nitrogen and oxygen atoms in total. The van der Waals surface area contributed by atoms with Crippen molar-refractivity contribution in [3.05, 3.63) is 58.7 Å². The van der Waals surface area contributed by atoms with Crippen LogP contribution < -0.4 is 16.4 Å². The van der Waals surface area contributed by atoms with E-state index in [4.69, 9.17) is 5.73 Å². The van der Waals surface area contributed by atoms with E-state index in [-0.39, 0.29) is 41.2 Å². The van der Waals surface area contributed by atoms with Crippen molar-refractivity contribution in [2.75, 3.05) is 11.9 Å². The van der Waals surface area contributed by atoms with E-state index in [9.17, 15) is 24.6 Å². The van der Waals surface area contributed by atoms with Crippen LogP contribution in [-0.2, 0) is 27.2 Å². The molecule has 0 aromatic heterocycles. The lowest BCUT2D eigenvalue weighted by atomic mass is 9.52. The molecule has 0 saturated heterocycles. The van der Waals surface area contributed by atoms with Crippen molar-refractivity contribution >= 4 is 23.4 Å². The average molecular weight is 616 g/mol. The van der Waals surface area contributed by atoms with E-state index in [2.05, 4.69) is 37.5 Å². The molecular weight excluding hydrogens is 566 g/mol. The minimum atomic E-state index is -0.994. The molecule has 0 unspecified atom stereocenters.